The normalized spacial score (nSPS) is 12.2. The summed E-state index contributed by atoms with van der Waals surface area (Å²) < 4.78 is 39.1. The van der Waals surface area contributed by atoms with Crippen LogP contribution >= 0.6 is 23.2 Å². The Balaban J connectivity index is 2.44. The van der Waals surface area contributed by atoms with Gasteiger partial charge in [-0.05, 0) is 55.3 Å². The molecule has 0 heterocycles. The van der Waals surface area contributed by atoms with E-state index in [0.717, 1.165) is 22.7 Å². The fourth-order valence-electron chi connectivity index (χ4n) is 3.27. The van der Waals surface area contributed by atoms with Crippen LogP contribution in [0.5, 0.6) is 0 Å². The smallest absolute Gasteiger partial charge is 0.244 e. The molecular weight excluding hydrogens is 492 g/mol. The Labute approximate surface area is 203 Å². The highest BCUT2D eigenvalue weighted by molar-refractivity contribution is 7.92. The topological polar surface area (TPSA) is 86.8 Å². The lowest BCUT2D eigenvalue weighted by Gasteiger charge is -2.32. The van der Waals surface area contributed by atoms with Gasteiger partial charge < -0.3 is 10.2 Å². The molecule has 33 heavy (non-hydrogen) atoms. The number of likely N-dealkylation sites (N-methyl/N-ethyl adjacent to an activating group) is 1. The highest BCUT2D eigenvalue weighted by Gasteiger charge is 2.31. The molecule has 2 aromatic rings. The van der Waals surface area contributed by atoms with Gasteiger partial charge >= 0.3 is 0 Å². The van der Waals surface area contributed by atoms with Crippen molar-refractivity contribution in [1.29, 1.82) is 0 Å². The molecule has 0 aliphatic rings. The molecule has 7 nitrogen and oxygen atoms in total. The predicted octanol–water partition coefficient (Wildman–Crippen LogP) is 3.84. The highest BCUT2D eigenvalue weighted by atomic mass is 35.5. The lowest BCUT2D eigenvalue weighted by Crippen LogP contribution is -2.52. The number of hydrogen-bond acceptors (Lipinski definition) is 4. The molecule has 1 atom stereocenters. The Hall–Kier alpha value is -2.36. The van der Waals surface area contributed by atoms with E-state index in [-0.39, 0.29) is 23.2 Å². The summed E-state index contributed by atoms with van der Waals surface area (Å²) in [6.45, 7) is 3.32. The molecule has 0 saturated heterocycles. The molecule has 0 saturated carbocycles. The van der Waals surface area contributed by atoms with Gasteiger partial charge in [0.15, 0.2) is 0 Å². The van der Waals surface area contributed by atoms with Crippen molar-refractivity contribution >= 4 is 50.7 Å². The number of carbonyl (C=O) groups is 2. The van der Waals surface area contributed by atoms with Gasteiger partial charge in [-0.1, -0.05) is 36.2 Å². The molecule has 2 amide bonds. The van der Waals surface area contributed by atoms with Gasteiger partial charge in [-0.25, -0.2) is 12.8 Å². The minimum atomic E-state index is -3.88. The summed E-state index contributed by atoms with van der Waals surface area (Å²) in [4.78, 5) is 27.4. The lowest BCUT2D eigenvalue weighted by atomic mass is 10.1. The Morgan fingerprint density at radius 2 is 1.70 bits per heavy atom. The van der Waals surface area contributed by atoms with Crippen LogP contribution in [0.15, 0.2) is 42.5 Å². The number of anilines is 1. The summed E-state index contributed by atoms with van der Waals surface area (Å²) in [6.07, 6.45) is 1.25. The molecule has 0 bridgehead atoms. The third kappa shape index (κ3) is 7.31. The zero-order chi connectivity index (χ0) is 24.8. The Bertz CT molecular complexity index is 1100. The van der Waals surface area contributed by atoms with Gasteiger partial charge in [-0.2, -0.15) is 0 Å². The van der Waals surface area contributed by atoms with Gasteiger partial charge in [0.1, 0.15) is 18.4 Å². The van der Waals surface area contributed by atoms with Crippen LogP contribution in [0.3, 0.4) is 0 Å². The van der Waals surface area contributed by atoms with Crippen LogP contribution in [0.1, 0.15) is 25.8 Å². The van der Waals surface area contributed by atoms with Crippen molar-refractivity contribution in [2.24, 2.45) is 0 Å². The van der Waals surface area contributed by atoms with E-state index in [0.29, 0.717) is 23.6 Å². The maximum absolute atomic E-state index is 13.4. The first kappa shape index (κ1) is 26.9. The van der Waals surface area contributed by atoms with Crippen molar-refractivity contribution in [3.05, 3.63) is 63.9 Å². The van der Waals surface area contributed by atoms with Crippen LogP contribution in [-0.4, -0.2) is 50.5 Å². The van der Waals surface area contributed by atoms with Gasteiger partial charge in [0.05, 0.1) is 22.0 Å². The van der Waals surface area contributed by atoms with Crippen molar-refractivity contribution < 1.29 is 22.4 Å². The first-order chi connectivity index (χ1) is 15.5. The van der Waals surface area contributed by atoms with Crippen LogP contribution in [0.25, 0.3) is 0 Å². The average molecular weight is 518 g/mol. The van der Waals surface area contributed by atoms with Crippen LogP contribution in [-0.2, 0) is 26.2 Å². The molecule has 180 valence electrons. The van der Waals surface area contributed by atoms with E-state index in [4.69, 9.17) is 23.2 Å². The summed E-state index contributed by atoms with van der Waals surface area (Å²) in [5, 5.41) is 3.34. The Kier molecular flexibility index (Phi) is 9.51. The fraction of sp³-hybridized carbons (Fsp3) is 0.364. The largest absolute Gasteiger partial charge is 0.355 e. The molecule has 0 aliphatic heterocycles. The number of nitrogens with one attached hydrogen (secondary N) is 1. The second-order valence-electron chi connectivity index (χ2n) is 7.33. The van der Waals surface area contributed by atoms with Gasteiger partial charge in [0, 0.05) is 13.1 Å². The van der Waals surface area contributed by atoms with Gasteiger partial charge in [0.2, 0.25) is 21.8 Å². The maximum Gasteiger partial charge on any atom is 0.244 e. The van der Waals surface area contributed by atoms with E-state index in [2.05, 4.69) is 5.32 Å². The summed E-state index contributed by atoms with van der Waals surface area (Å²) in [5.41, 5.74) is 0.751. The lowest BCUT2D eigenvalue weighted by molar-refractivity contribution is -0.140. The standard InChI is InChI=1S/C22H26Cl2FN3O4S/c1-4-20(22(30)26-5-2)27(13-15-6-11-18(23)19(24)12-15)21(29)14-28(33(3,31)32)17-9-7-16(25)8-10-17/h6-12,20H,4-5,13-14H2,1-3H3,(H,26,30). The molecule has 0 aliphatic carbocycles. The number of amides is 2. The third-order valence-electron chi connectivity index (χ3n) is 4.87. The zero-order valence-electron chi connectivity index (χ0n) is 18.5. The van der Waals surface area contributed by atoms with Crippen molar-refractivity contribution in [2.45, 2.75) is 32.9 Å². The highest BCUT2D eigenvalue weighted by Crippen LogP contribution is 2.25. The summed E-state index contributed by atoms with van der Waals surface area (Å²) in [5.74, 6) is -1.50. The van der Waals surface area contributed by atoms with E-state index in [9.17, 15) is 22.4 Å². The first-order valence-corrected chi connectivity index (χ1v) is 12.8. The van der Waals surface area contributed by atoms with Gasteiger partial charge in [-0.15, -0.1) is 0 Å². The van der Waals surface area contributed by atoms with Gasteiger partial charge in [0.25, 0.3) is 0 Å². The summed E-state index contributed by atoms with van der Waals surface area (Å²) in [7, 11) is -3.88. The van der Waals surface area contributed by atoms with Crippen molar-refractivity contribution in [3.8, 4) is 0 Å². The van der Waals surface area contributed by atoms with Crippen LogP contribution in [0.2, 0.25) is 10.0 Å². The molecule has 0 fully saturated rings. The van der Waals surface area contributed by atoms with Crippen LogP contribution in [0.4, 0.5) is 10.1 Å². The number of rotatable bonds is 10. The maximum atomic E-state index is 13.4. The van der Waals surface area contributed by atoms with E-state index >= 15 is 0 Å². The molecule has 11 heteroatoms. The SMILES string of the molecule is CCNC(=O)C(CC)N(Cc1ccc(Cl)c(Cl)c1)C(=O)CN(c1ccc(F)cc1)S(C)(=O)=O. The van der Waals surface area contributed by atoms with E-state index in [1.54, 1.807) is 32.0 Å². The average Bonchev–Trinajstić information content (AvgIpc) is 2.74. The van der Waals surface area contributed by atoms with Crippen LogP contribution in [0, 0.1) is 5.82 Å². The second kappa shape index (κ2) is 11.7. The van der Waals surface area contributed by atoms with Gasteiger partial charge in [-0.3, -0.25) is 13.9 Å². The number of carbonyl (C=O) groups excluding carboxylic acids is 2. The monoisotopic (exact) mass is 517 g/mol. The summed E-state index contributed by atoms with van der Waals surface area (Å²) >= 11 is 12.1. The van der Waals surface area contributed by atoms with Crippen molar-refractivity contribution in [1.82, 2.24) is 10.2 Å². The minimum Gasteiger partial charge on any atom is -0.355 e. The fourth-order valence-corrected chi connectivity index (χ4v) is 4.44. The number of nitrogens with zero attached hydrogens (tertiary/aromatic N) is 2. The minimum absolute atomic E-state index is 0.00633. The molecule has 2 rings (SSSR count). The number of benzene rings is 2. The first-order valence-electron chi connectivity index (χ1n) is 10.2. The number of sulfonamides is 1. The molecular formula is C22H26Cl2FN3O4S. The predicted molar refractivity (Wildman–Crippen MR) is 128 cm³/mol. The number of halogens is 3. The molecule has 0 spiro atoms. The summed E-state index contributed by atoms with van der Waals surface area (Å²) in [6, 6.07) is 8.75. The van der Waals surface area contributed by atoms with E-state index in [1.165, 1.54) is 17.0 Å². The van der Waals surface area contributed by atoms with E-state index < -0.39 is 34.3 Å². The van der Waals surface area contributed by atoms with Crippen LogP contribution < -0.4 is 9.62 Å². The molecule has 2 aromatic carbocycles. The molecule has 1 unspecified atom stereocenters. The Morgan fingerprint density at radius 1 is 1.06 bits per heavy atom. The second-order valence-corrected chi connectivity index (χ2v) is 10.1. The third-order valence-corrected chi connectivity index (χ3v) is 6.75. The molecule has 0 radical (unpaired) electrons. The number of hydrogen-bond donors (Lipinski definition) is 1. The Morgan fingerprint density at radius 3 is 2.21 bits per heavy atom. The van der Waals surface area contributed by atoms with Crippen molar-refractivity contribution in [3.63, 3.8) is 0 Å². The van der Waals surface area contributed by atoms with E-state index in [1.807, 2.05) is 0 Å². The molecule has 0 aromatic heterocycles. The molecule has 1 N–H and O–H groups in total. The van der Waals surface area contributed by atoms with Crippen molar-refractivity contribution in [2.75, 3.05) is 23.7 Å². The zero-order valence-corrected chi connectivity index (χ0v) is 20.8. The quantitative estimate of drug-likeness (QED) is 0.518.